The van der Waals surface area contributed by atoms with Crippen molar-refractivity contribution in [1.29, 1.82) is 0 Å². The first-order valence-electron chi connectivity index (χ1n) is 5.17. The normalized spacial score (nSPS) is 12.9. The SMILES string of the molecule is CCn1ncnc1CC(O)c1scnc1C. The Morgan fingerprint density at radius 2 is 2.31 bits per heavy atom. The molecule has 0 aliphatic heterocycles. The summed E-state index contributed by atoms with van der Waals surface area (Å²) >= 11 is 1.47. The standard InChI is InChI=1S/C10H14N4OS/c1-3-14-9(11-5-13-14)4-8(15)10-7(2)12-6-16-10/h5-6,8,15H,3-4H2,1-2H3. The van der Waals surface area contributed by atoms with Gasteiger partial charge in [-0.05, 0) is 13.8 Å². The monoisotopic (exact) mass is 238 g/mol. The van der Waals surface area contributed by atoms with Crippen LogP contribution >= 0.6 is 11.3 Å². The number of thiazole rings is 1. The van der Waals surface area contributed by atoms with E-state index in [2.05, 4.69) is 15.1 Å². The predicted octanol–water partition coefficient (Wildman–Crippen LogP) is 1.34. The van der Waals surface area contributed by atoms with Gasteiger partial charge in [0, 0.05) is 13.0 Å². The summed E-state index contributed by atoms with van der Waals surface area (Å²) in [5.41, 5.74) is 2.64. The molecule has 0 aromatic carbocycles. The van der Waals surface area contributed by atoms with Crippen LogP contribution in [0.4, 0.5) is 0 Å². The second kappa shape index (κ2) is 4.71. The number of rotatable bonds is 4. The van der Waals surface area contributed by atoms with E-state index in [1.54, 1.807) is 10.2 Å². The van der Waals surface area contributed by atoms with E-state index in [0.717, 1.165) is 22.9 Å². The first-order valence-corrected chi connectivity index (χ1v) is 6.05. The van der Waals surface area contributed by atoms with Crippen molar-refractivity contribution < 1.29 is 5.11 Å². The first kappa shape index (κ1) is 11.2. The number of hydrogen-bond acceptors (Lipinski definition) is 5. The molecule has 1 N–H and O–H groups in total. The molecule has 2 heterocycles. The second-order valence-corrected chi connectivity index (χ2v) is 4.40. The molecule has 1 atom stereocenters. The Morgan fingerprint density at radius 3 is 2.94 bits per heavy atom. The highest BCUT2D eigenvalue weighted by Gasteiger charge is 2.16. The van der Waals surface area contributed by atoms with Crippen molar-refractivity contribution in [3.8, 4) is 0 Å². The summed E-state index contributed by atoms with van der Waals surface area (Å²) < 4.78 is 1.79. The minimum Gasteiger partial charge on any atom is -0.387 e. The molecule has 5 nitrogen and oxygen atoms in total. The van der Waals surface area contributed by atoms with Gasteiger partial charge in [0.25, 0.3) is 0 Å². The van der Waals surface area contributed by atoms with Crippen molar-refractivity contribution in [1.82, 2.24) is 19.7 Å². The molecule has 16 heavy (non-hydrogen) atoms. The average molecular weight is 238 g/mol. The average Bonchev–Trinajstić information content (AvgIpc) is 2.86. The maximum Gasteiger partial charge on any atom is 0.138 e. The van der Waals surface area contributed by atoms with Gasteiger partial charge >= 0.3 is 0 Å². The third-order valence-corrected chi connectivity index (χ3v) is 3.49. The van der Waals surface area contributed by atoms with Gasteiger partial charge in [-0.3, -0.25) is 4.68 Å². The number of aromatic nitrogens is 4. The molecule has 6 heteroatoms. The zero-order chi connectivity index (χ0) is 11.5. The smallest absolute Gasteiger partial charge is 0.138 e. The van der Waals surface area contributed by atoms with Gasteiger partial charge in [-0.15, -0.1) is 11.3 Å². The van der Waals surface area contributed by atoms with Crippen molar-refractivity contribution >= 4 is 11.3 Å². The molecule has 0 saturated heterocycles. The summed E-state index contributed by atoms with van der Waals surface area (Å²) in [7, 11) is 0. The predicted molar refractivity (Wildman–Crippen MR) is 61.2 cm³/mol. The zero-order valence-corrected chi connectivity index (χ0v) is 10.1. The molecule has 0 aliphatic rings. The third kappa shape index (κ3) is 2.12. The van der Waals surface area contributed by atoms with Gasteiger partial charge < -0.3 is 5.11 Å². The van der Waals surface area contributed by atoms with Gasteiger partial charge in [0.05, 0.1) is 22.2 Å². The largest absolute Gasteiger partial charge is 0.387 e. The van der Waals surface area contributed by atoms with Crippen molar-refractivity contribution in [3.63, 3.8) is 0 Å². The molecule has 0 spiro atoms. The number of hydrogen-bond donors (Lipinski definition) is 1. The van der Waals surface area contributed by atoms with Crippen molar-refractivity contribution in [2.24, 2.45) is 0 Å². The Labute approximate surface area is 97.8 Å². The van der Waals surface area contributed by atoms with Gasteiger partial charge in [-0.25, -0.2) is 9.97 Å². The van der Waals surface area contributed by atoms with Crippen LogP contribution in [0.3, 0.4) is 0 Å². The molecular weight excluding hydrogens is 224 g/mol. The van der Waals surface area contributed by atoms with Crippen molar-refractivity contribution in [2.45, 2.75) is 32.9 Å². The van der Waals surface area contributed by atoms with Gasteiger partial charge in [-0.1, -0.05) is 0 Å². The van der Waals surface area contributed by atoms with Crippen molar-refractivity contribution in [3.05, 3.63) is 28.2 Å². The van der Waals surface area contributed by atoms with Crippen LogP contribution in [0.2, 0.25) is 0 Å². The lowest BCUT2D eigenvalue weighted by Crippen LogP contribution is -2.09. The van der Waals surface area contributed by atoms with E-state index in [-0.39, 0.29) is 0 Å². The van der Waals surface area contributed by atoms with Crippen LogP contribution in [0.15, 0.2) is 11.8 Å². The quantitative estimate of drug-likeness (QED) is 0.873. The molecule has 2 rings (SSSR count). The van der Waals surface area contributed by atoms with E-state index < -0.39 is 6.10 Å². The maximum absolute atomic E-state index is 10.1. The fourth-order valence-electron chi connectivity index (χ4n) is 1.61. The Bertz CT molecular complexity index is 465. The first-order chi connectivity index (χ1) is 7.72. The van der Waals surface area contributed by atoms with Gasteiger partial charge in [0.15, 0.2) is 0 Å². The number of aliphatic hydroxyl groups excluding tert-OH is 1. The fraction of sp³-hybridized carbons (Fsp3) is 0.500. The molecule has 2 aromatic heterocycles. The lowest BCUT2D eigenvalue weighted by molar-refractivity contribution is 0.177. The molecule has 0 fully saturated rings. The Balaban J connectivity index is 2.13. The molecule has 0 amide bonds. The van der Waals surface area contributed by atoms with Crippen LogP contribution in [0.5, 0.6) is 0 Å². The molecular formula is C10H14N4OS. The summed E-state index contributed by atoms with van der Waals surface area (Å²) in [5, 5.41) is 14.1. The molecule has 86 valence electrons. The highest BCUT2D eigenvalue weighted by Crippen LogP contribution is 2.24. The highest BCUT2D eigenvalue weighted by atomic mass is 32.1. The van der Waals surface area contributed by atoms with Crippen LogP contribution < -0.4 is 0 Å². The fourth-order valence-corrected chi connectivity index (χ4v) is 2.39. The van der Waals surface area contributed by atoms with Gasteiger partial charge in [0.1, 0.15) is 12.2 Å². The summed E-state index contributed by atoms with van der Waals surface area (Å²) in [6, 6.07) is 0. The van der Waals surface area contributed by atoms with E-state index in [0.29, 0.717) is 6.42 Å². The highest BCUT2D eigenvalue weighted by molar-refractivity contribution is 7.09. The maximum atomic E-state index is 10.1. The Kier molecular flexibility index (Phi) is 3.31. The lowest BCUT2D eigenvalue weighted by Gasteiger charge is -2.09. The number of aryl methyl sites for hydroxylation is 2. The Morgan fingerprint density at radius 1 is 1.50 bits per heavy atom. The Hall–Kier alpha value is -1.27. The number of nitrogens with zero attached hydrogens (tertiary/aromatic N) is 4. The minimum absolute atomic E-state index is 0.483. The number of aliphatic hydroxyl groups is 1. The summed E-state index contributed by atoms with van der Waals surface area (Å²) in [4.78, 5) is 9.18. The van der Waals surface area contributed by atoms with Crippen LogP contribution in [0, 0.1) is 6.92 Å². The van der Waals surface area contributed by atoms with Crippen LogP contribution in [-0.4, -0.2) is 24.9 Å². The van der Waals surface area contributed by atoms with Gasteiger partial charge in [-0.2, -0.15) is 5.10 Å². The molecule has 0 bridgehead atoms. The summed E-state index contributed by atoms with van der Waals surface area (Å²) in [5.74, 6) is 0.808. The summed E-state index contributed by atoms with van der Waals surface area (Å²) in [6.07, 6.45) is 1.46. The molecule has 2 aromatic rings. The van der Waals surface area contributed by atoms with E-state index in [1.807, 2.05) is 13.8 Å². The van der Waals surface area contributed by atoms with Gasteiger partial charge in [0.2, 0.25) is 0 Å². The van der Waals surface area contributed by atoms with Crippen LogP contribution in [0.25, 0.3) is 0 Å². The lowest BCUT2D eigenvalue weighted by atomic mass is 10.2. The summed E-state index contributed by atoms with van der Waals surface area (Å²) in [6.45, 7) is 4.67. The van der Waals surface area contributed by atoms with E-state index >= 15 is 0 Å². The molecule has 1 unspecified atom stereocenters. The van der Waals surface area contributed by atoms with E-state index in [9.17, 15) is 5.11 Å². The van der Waals surface area contributed by atoms with Crippen LogP contribution in [0.1, 0.15) is 29.4 Å². The molecule has 0 aliphatic carbocycles. The van der Waals surface area contributed by atoms with Crippen LogP contribution in [-0.2, 0) is 13.0 Å². The molecule has 0 saturated carbocycles. The van der Waals surface area contributed by atoms with E-state index in [1.165, 1.54) is 17.7 Å². The van der Waals surface area contributed by atoms with E-state index in [4.69, 9.17) is 0 Å². The van der Waals surface area contributed by atoms with Crippen molar-refractivity contribution in [2.75, 3.05) is 0 Å². The molecule has 0 radical (unpaired) electrons. The second-order valence-electron chi connectivity index (χ2n) is 3.51. The third-order valence-electron chi connectivity index (χ3n) is 2.46. The zero-order valence-electron chi connectivity index (χ0n) is 9.29. The minimum atomic E-state index is -0.540. The topological polar surface area (TPSA) is 63.8 Å².